The summed E-state index contributed by atoms with van der Waals surface area (Å²) in [5, 5.41) is 1.20. The van der Waals surface area contributed by atoms with E-state index >= 15 is 0 Å². The van der Waals surface area contributed by atoms with Crippen molar-refractivity contribution in [3.05, 3.63) is 107 Å². The van der Waals surface area contributed by atoms with Crippen LogP contribution in [0.2, 0.25) is 0 Å². The number of aromatic nitrogens is 1. The molecule has 0 radical (unpaired) electrons. The smallest absolute Gasteiger partial charge is 0.254 e. The molecule has 0 saturated heterocycles. The molecule has 4 aromatic rings. The van der Waals surface area contributed by atoms with E-state index in [1.165, 1.54) is 39.9 Å². The van der Waals surface area contributed by atoms with Gasteiger partial charge in [0.2, 0.25) is 0 Å². The Morgan fingerprint density at radius 2 is 1.62 bits per heavy atom. The molecule has 0 aliphatic carbocycles. The number of halogens is 1. The maximum absolute atomic E-state index is 13.2. The maximum Gasteiger partial charge on any atom is 0.254 e. The Balaban J connectivity index is 1.52. The third-order valence-corrected chi connectivity index (χ3v) is 5.72. The van der Waals surface area contributed by atoms with Gasteiger partial charge in [-0.15, -0.1) is 0 Å². The molecule has 5 rings (SSSR count). The molecule has 1 aromatic heterocycles. The minimum Gasteiger partial charge on any atom is -0.340 e. The lowest BCUT2D eigenvalue weighted by molar-refractivity contribution is 0.0734. The molecule has 0 bridgehead atoms. The van der Waals surface area contributed by atoms with E-state index < -0.39 is 0 Å². The summed E-state index contributed by atoms with van der Waals surface area (Å²) < 4.78 is 15.6. The van der Waals surface area contributed by atoms with Gasteiger partial charge in [-0.05, 0) is 35.9 Å². The summed E-state index contributed by atoms with van der Waals surface area (Å²) in [6.45, 7) is 2.06. The van der Waals surface area contributed by atoms with Gasteiger partial charge in [0.25, 0.3) is 5.91 Å². The first-order valence-corrected chi connectivity index (χ1v) is 9.88. The molecular formula is C25H21FN2O. The van der Waals surface area contributed by atoms with Gasteiger partial charge in [-0.3, -0.25) is 4.79 Å². The van der Waals surface area contributed by atoms with Crippen molar-refractivity contribution in [3.8, 4) is 0 Å². The largest absolute Gasteiger partial charge is 0.340 e. The van der Waals surface area contributed by atoms with Gasteiger partial charge >= 0.3 is 0 Å². The van der Waals surface area contributed by atoms with E-state index in [4.69, 9.17) is 0 Å². The Bertz CT molecular complexity index is 1180. The average Bonchev–Trinajstić information content (AvgIpc) is 3.08. The zero-order chi connectivity index (χ0) is 19.8. The van der Waals surface area contributed by atoms with Crippen LogP contribution in [-0.4, -0.2) is 21.9 Å². The van der Waals surface area contributed by atoms with Crippen LogP contribution in [0, 0.1) is 5.82 Å². The first-order chi connectivity index (χ1) is 14.2. The number of amides is 1. The Labute approximate surface area is 169 Å². The van der Waals surface area contributed by atoms with Crippen LogP contribution in [-0.2, 0) is 19.5 Å². The fourth-order valence-electron chi connectivity index (χ4n) is 4.30. The SMILES string of the molecule is O=C(c1ccc(F)cc1)N1CCc2c(c3ccccc3n2Cc2ccccc2)C1. The molecule has 1 aliphatic rings. The fourth-order valence-corrected chi connectivity index (χ4v) is 4.30. The molecule has 0 N–H and O–H groups in total. The number of nitrogens with zero attached hydrogens (tertiary/aromatic N) is 2. The highest BCUT2D eigenvalue weighted by atomic mass is 19.1. The topological polar surface area (TPSA) is 25.2 Å². The first kappa shape index (κ1) is 17.7. The summed E-state index contributed by atoms with van der Waals surface area (Å²) in [6, 6.07) is 24.7. The van der Waals surface area contributed by atoms with Gasteiger partial charge < -0.3 is 9.47 Å². The van der Waals surface area contributed by atoms with Crippen molar-refractivity contribution in [1.82, 2.24) is 9.47 Å². The van der Waals surface area contributed by atoms with Crippen LogP contribution in [0.5, 0.6) is 0 Å². The second-order valence-corrected chi connectivity index (χ2v) is 7.50. The zero-order valence-electron chi connectivity index (χ0n) is 16.0. The molecule has 0 saturated carbocycles. The number of carbonyl (C=O) groups excluding carboxylic acids is 1. The highest BCUT2D eigenvalue weighted by Gasteiger charge is 2.27. The predicted molar refractivity (Wildman–Crippen MR) is 112 cm³/mol. The normalized spacial score (nSPS) is 13.5. The molecule has 0 unspecified atom stereocenters. The molecular weight excluding hydrogens is 363 g/mol. The summed E-state index contributed by atoms with van der Waals surface area (Å²) in [6.07, 6.45) is 0.809. The Hall–Kier alpha value is -3.40. The molecule has 0 spiro atoms. The summed E-state index contributed by atoms with van der Waals surface area (Å²) in [5.41, 5.74) is 5.53. The van der Waals surface area contributed by atoms with Crippen molar-refractivity contribution in [2.75, 3.05) is 6.54 Å². The summed E-state index contributed by atoms with van der Waals surface area (Å²) in [4.78, 5) is 14.8. The van der Waals surface area contributed by atoms with Gasteiger partial charge in [-0.1, -0.05) is 48.5 Å². The van der Waals surface area contributed by atoms with Gasteiger partial charge in [0, 0.05) is 53.8 Å². The summed E-state index contributed by atoms with van der Waals surface area (Å²) in [7, 11) is 0. The third-order valence-electron chi connectivity index (χ3n) is 5.72. The average molecular weight is 384 g/mol. The van der Waals surface area contributed by atoms with Gasteiger partial charge in [0.1, 0.15) is 5.82 Å². The first-order valence-electron chi connectivity index (χ1n) is 9.88. The second kappa shape index (κ2) is 7.21. The van der Waals surface area contributed by atoms with E-state index in [0.717, 1.165) is 13.0 Å². The molecule has 0 fully saturated rings. The number of hydrogen-bond acceptors (Lipinski definition) is 1. The number of para-hydroxylation sites is 1. The van der Waals surface area contributed by atoms with Crippen LogP contribution in [0.4, 0.5) is 4.39 Å². The van der Waals surface area contributed by atoms with Crippen LogP contribution in [0.3, 0.4) is 0 Å². The molecule has 4 heteroatoms. The van der Waals surface area contributed by atoms with Crippen molar-refractivity contribution in [1.29, 1.82) is 0 Å². The van der Waals surface area contributed by atoms with Crippen molar-refractivity contribution < 1.29 is 9.18 Å². The Morgan fingerprint density at radius 1 is 0.897 bits per heavy atom. The molecule has 3 aromatic carbocycles. The lowest BCUT2D eigenvalue weighted by Gasteiger charge is -2.28. The minimum atomic E-state index is -0.327. The van der Waals surface area contributed by atoms with Crippen molar-refractivity contribution in [2.24, 2.45) is 0 Å². The summed E-state index contributed by atoms with van der Waals surface area (Å²) >= 11 is 0. The van der Waals surface area contributed by atoms with Crippen molar-refractivity contribution in [3.63, 3.8) is 0 Å². The number of fused-ring (bicyclic) bond motifs is 3. The Morgan fingerprint density at radius 3 is 2.41 bits per heavy atom. The lowest BCUT2D eigenvalue weighted by Crippen LogP contribution is -2.36. The van der Waals surface area contributed by atoms with E-state index in [1.54, 1.807) is 12.1 Å². The monoisotopic (exact) mass is 384 g/mol. The van der Waals surface area contributed by atoms with E-state index in [-0.39, 0.29) is 11.7 Å². The van der Waals surface area contributed by atoms with Gasteiger partial charge in [0.05, 0.1) is 0 Å². The van der Waals surface area contributed by atoms with Crippen LogP contribution < -0.4 is 0 Å². The fraction of sp³-hybridized carbons (Fsp3) is 0.160. The molecule has 3 nitrogen and oxygen atoms in total. The van der Waals surface area contributed by atoms with Crippen molar-refractivity contribution >= 4 is 16.8 Å². The minimum absolute atomic E-state index is 0.0458. The lowest BCUT2D eigenvalue weighted by atomic mass is 10.0. The van der Waals surface area contributed by atoms with Crippen LogP contribution in [0.15, 0.2) is 78.9 Å². The molecule has 1 amide bonds. The molecule has 29 heavy (non-hydrogen) atoms. The van der Waals surface area contributed by atoms with Gasteiger partial charge in [-0.2, -0.15) is 0 Å². The summed E-state index contributed by atoms with van der Waals surface area (Å²) in [5.74, 6) is -0.373. The molecule has 1 aliphatic heterocycles. The predicted octanol–water partition coefficient (Wildman–Crippen LogP) is 5.03. The van der Waals surface area contributed by atoms with Gasteiger partial charge in [-0.25, -0.2) is 4.39 Å². The molecule has 144 valence electrons. The molecule has 0 atom stereocenters. The number of carbonyl (C=O) groups is 1. The number of rotatable bonds is 3. The zero-order valence-corrected chi connectivity index (χ0v) is 16.0. The second-order valence-electron chi connectivity index (χ2n) is 7.50. The third kappa shape index (κ3) is 3.21. The van der Waals surface area contributed by atoms with Crippen LogP contribution in [0.1, 0.15) is 27.2 Å². The standard InChI is InChI=1S/C25H21FN2O/c26-20-12-10-19(11-13-20)25(29)27-15-14-24-22(17-27)21-8-4-5-9-23(21)28(24)16-18-6-2-1-3-7-18/h1-13H,14-17H2. The maximum atomic E-state index is 13.2. The van der Waals surface area contributed by atoms with Crippen LogP contribution >= 0.6 is 0 Å². The quantitative estimate of drug-likeness (QED) is 0.486. The van der Waals surface area contributed by atoms with E-state index in [2.05, 4.69) is 53.1 Å². The number of benzene rings is 3. The van der Waals surface area contributed by atoms with E-state index in [1.807, 2.05) is 11.0 Å². The highest BCUT2D eigenvalue weighted by Crippen LogP contribution is 2.32. The van der Waals surface area contributed by atoms with Gasteiger partial charge in [0.15, 0.2) is 0 Å². The molecule has 2 heterocycles. The van der Waals surface area contributed by atoms with Crippen molar-refractivity contribution in [2.45, 2.75) is 19.5 Å². The van der Waals surface area contributed by atoms with Crippen LogP contribution in [0.25, 0.3) is 10.9 Å². The highest BCUT2D eigenvalue weighted by molar-refractivity contribution is 5.95. The Kier molecular flexibility index (Phi) is 4.39. The number of hydrogen-bond donors (Lipinski definition) is 0. The van der Waals surface area contributed by atoms with E-state index in [0.29, 0.717) is 18.7 Å². The van der Waals surface area contributed by atoms with E-state index in [9.17, 15) is 9.18 Å².